The van der Waals surface area contributed by atoms with Crippen LogP contribution in [0.2, 0.25) is 0 Å². The standard InChI is InChI=1S/C29H39NO8/c1-4-9-24(31)35-22-15-16-23(29(38-26(33)11-6-3)28(22)37-25(32)10-5-2)36-27(34)17-14-19-18-30-21-13-8-7-12-20(19)21/h7-8,12-13,18,22-23,28-30H,4-6,9-11,14-17H2,1-3H3/t22-,23+,28+,29+/m1/s1. The Kier molecular flexibility index (Phi) is 11.2. The number of hydrogen-bond donors (Lipinski definition) is 1. The maximum Gasteiger partial charge on any atom is 0.306 e. The molecule has 0 saturated heterocycles. The fourth-order valence-electron chi connectivity index (χ4n) is 4.68. The van der Waals surface area contributed by atoms with Gasteiger partial charge in [-0.3, -0.25) is 19.2 Å². The summed E-state index contributed by atoms with van der Waals surface area (Å²) < 4.78 is 22.9. The number of esters is 4. The van der Waals surface area contributed by atoms with Crippen molar-refractivity contribution in [2.75, 3.05) is 0 Å². The number of aryl methyl sites for hydroxylation is 1. The van der Waals surface area contributed by atoms with Gasteiger partial charge < -0.3 is 23.9 Å². The normalized spacial score (nSPS) is 21.0. The van der Waals surface area contributed by atoms with Crippen molar-refractivity contribution >= 4 is 34.8 Å². The molecule has 1 aliphatic carbocycles. The highest BCUT2D eigenvalue weighted by Crippen LogP contribution is 2.31. The SMILES string of the molecule is CCCC(=O)O[C@@H]1[C@@H](OC(=O)CCC)[C@H](OC(=O)CCC)CC[C@@H]1OC(=O)CCc1c[nH]c2ccccc12. The summed E-state index contributed by atoms with van der Waals surface area (Å²) in [6.45, 7) is 5.55. The number of nitrogens with one attached hydrogen (secondary N) is 1. The van der Waals surface area contributed by atoms with Crippen LogP contribution in [-0.2, 0) is 44.5 Å². The first-order valence-corrected chi connectivity index (χ1v) is 13.7. The number of para-hydroxylation sites is 1. The van der Waals surface area contributed by atoms with Crippen LogP contribution in [0.25, 0.3) is 10.9 Å². The molecule has 2 aromatic rings. The van der Waals surface area contributed by atoms with Crippen molar-refractivity contribution in [3.63, 3.8) is 0 Å². The second-order valence-electron chi connectivity index (χ2n) is 9.65. The number of hydrogen-bond acceptors (Lipinski definition) is 8. The number of rotatable bonds is 13. The summed E-state index contributed by atoms with van der Waals surface area (Å²) in [7, 11) is 0. The number of aromatic amines is 1. The summed E-state index contributed by atoms with van der Waals surface area (Å²) in [5.41, 5.74) is 1.99. The van der Waals surface area contributed by atoms with Crippen LogP contribution in [0.3, 0.4) is 0 Å². The highest BCUT2D eigenvalue weighted by Gasteiger charge is 2.48. The Hall–Kier alpha value is -3.36. The number of ether oxygens (including phenoxy) is 4. The molecule has 3 rings (SSSR count). The molecule has 4 atom stereocenters. The summed E-state index contributed by atoms with van der Waals surface area (Å²) in [4.78, 5) is 53.4. The molecular formula is C29H39NO8. The molecule has 1 heterocycles. The van der Waals surface area contributed by atoms with Crippen LogP contribution >= 0.6 is 0 Å². The van der Waals surface area contributed by atoms with Gasteiger partial charge in [0.1, 0.15) is 12.2 Å². The fraction of sp³-hybridized carbons (Fsp3) is 0.586. The maximum atomic E-state index is 12.9. The lowest BCUT2D eigenvalue weighted by molar-refractivity contribution is -0.212. The molecule has 9 nitrogen and oxygen atoms in total. The second-order valence-corrected chi connectivity index (χ2v) is 9.65. The molecule has 1 saturated carbocycles. The van der Waals surface area contributed by atoms with Gasteiger partial charge in [0.2, 0.25) is 0 Å². The summed E-state index contributed by atoms with van der Waals surface area (Å²) in [6, 6.07) is 7.85. The van der Waals surface area contributed by atoms with Gasteiger partial charge in [-0.2, -0.15) is 0 Å². The first kappa shape index (κ1) is 29.2. The van der Waals surface area contributed by atoms with E-state index in [1.165, 1.54) is 0 Å². The van der Waals surface area contributed by atoms with Crippen LogP contribution in [0.15, 0.2) is 30.5 Å². The van der Waals surface area contributed by atoms with E-state index in [1.807, 2.05) is 51.2 Å². The zero-order valence-electron chi connectivity index (χ0n) is 22.5. The highest BCUT2D eigenvalue weighted by molar-refractivity contribution is 5.83. The van der Waals surface area contributed by atoms with Crippen LogP contribution in [0.5, 0.6) is 0 Å². The predicted octanol–water partition coefficient (Wildman–Crippen LogP) is 4.94. The van der Waals surface area contributed by atoms with Crippen molar-refractivity contribution in [3.8, 4) is 0 Å². The van der Waals surface area contributed by atoms with Gasteiger partial charge in [0.05, 0.1) is 0 Å². The van der Waals surface area contributed by atoms with Gasteiger partial charge in [-0.05, 0) is 50.2 Å². The van der Waals surface area contributed by atoms with E-state index in [-0.39, 0.29) is 25.7 Å². The van der Waals surface area contributed by atoms with Gasteiger partial charge in [0, 0.05) is 42.8 Å². The molecule has 0 amide bonds. The molecule has 1 aromatic carbocycles. The summed E-state index contributed by atoms with van der Waals surface area (Å²) >= 11 is 0. The molecule has 0 unspecified atom stereocenters. The molecule has 1 fully saturated rings. The Balaban J connectivity index is 1.75. The Morgan fingerprint density at radius 1 is 0.711 bits per heavy atom. The van der Waals surface area contributed by atoms with Crippen molar-refractivity contribution in [3.05, 3.63) is 36.0 Å². The third-order valence-electron chi connectivity index (χ3n) is 6.53. The van der Waals surface area contributed by atoms with Crippen LogP contribution in [0.4, 0.5) is 0 Å². The molecular weight excluding hydrogens is 490 g/mol. The fourth-order valence-corrected chi connectivity index (χ4v) is 4.68. The number of fused-ring (bicyclic) bond motifs is 1. The zero-order valence-corrected chi connectivity index (χ0v) is 22.5. The zero-order chi connectivity index (χ0) is 27.5. The average molecular weight is 530 g/mol. The molecule has 0 radical (unpaired) electrons. The number of H-pyrrole nitrogens is 1. The van der Waals surface area contributed by atoms with Crippen LogP contribution in [0, 0.1) is 0 Å². The number of carbonyl (C=O) groups excluding carboxylic acids is 4. The predicted molar refractivity (Wildman–Crippen MR) is 140 cm³/mol. The van der Waals surface area contributed by atoms with E-state index in [0.29, 0.717) is 38.5 Å². The molecule has 208 valence electrons. The van der Waals surface area contributed by atoms with Gasteiger partial charge >= 0.3 is 23.9 Å². The largest absolute Gasteiger partial charge is 0.458 e. The Labute approximate surface area is 223 Å². The van der Waals surface area contributed by atoms with E-state index >= 15 is 0 Å². The first-order valence-electron chi connectivity index (χ1n) is 13.7. The quantitative estimate of drug-likeness (QED) is 0.286. The summed E-state index contributed by atoms with van der Waals surface area (Å²) in [5.74, 6) is -1.84. The summed E-state index contributed by atoms with van der Waals surface area (Å²) in [5, 5.41) is 1.05. The molecule has 0 spiro atoms. The van der Waals surface area contributed by atoms with Crippen molar-refractivity contribution in [1.29, 1.82) is 0 Å². The minimum absolute atomic E-state index is 0.128. The number of carbonyl (C=O) groups is 4. The third-order valence-corrected chi connectivity index (χ3v) is 6.53. The lowest BCUT2D eigenvalue weighted by Gasteiger charge is -2.40. The van der Waals surface area contributed by atoms with E-state index < -0.39 is 48.3 Å². The Morgan fingerprint density at radius 2 is 1.18 bits per heavy atom. The minimum atomic E-state index is -1.07. The molecule has 1 N–H and O–H groups in total. The van der Waals surface area contributed by atoms with Crippen LogP contribution in [-0.4, -0.2) is 53.3 Å². The first-order chi connectivity index (χ1) is 18.4. The Bertz CT molecular complexity index is 1090. The van der Waals surface area contributed by atoms with E-state index in [1.54, 1.807) is 0 Å². The van der Waals surface area contributed by atoms with E-state index in [4.69, 9.17) is 18.9 Å². The van der Waals surface area contributed by atoms with Crippen LogP contribution in [0.1, 0.15) is 84.1 Å². The Morgan fingerprint density at radius 3 is 1.71 bits per heavy atom. The topological polar surface area (TPSA) is 121 Å². The highest BCUT2D eigenvalue weighted by atomic mass is 16.6. The monoisotopic (exact) mass is 529 g/mol. The van der Waals surface area contributed by atoms with Gasteiger partial charge in [-0.25, -0.2) is 0 Å². The van der Waals surface area contributed by atoms with Crippen molar-refractivity contribution in [2.45, 2.75) is 109 Å². The number of aromatic nitrogens is 1. The minimum Gasteiger partial charge on any atom is -0.458 e. The molecule has 38 heavy (non-hydrogen) atoms. The smallest absolute Gasteiger partial charge is 0.306 e. The lowest BCUT2D eigenvalue weighted by atomic mass is 9.88. The van der Waals surface area contributed by atoms with Gasteiger partial charge in [0.25, 0.3) is 0 Å². The second kappa shape index (κ2) is 14.5. The van der Waals surface area contributed by atoms with E-state index in [2.05, 4.69) is 4.98 Å². The lowest BCUT2D eigenvalue weighted by Crippen LogP contribution is -2.55. The molecule has 1 aliphatic rings. The molecule has 0 bridgehead atoms. The van der Waals surface area contributed by atoms with E-state index in [9.17, 15) is 19.2 Å². The third kappa shape index (κ3) is 8.07. The molecule has 1 aromatic heterocycles. The number of benzene rings is 1. The van der Waals surface area contributed by atoms with Crippen molar-refractivity contribution < 1.29 is 38.1 Å². The van der Waals surface area contributed by atoms with Gasteiger partial charge in [-0.15, -0.1) is 0 Å². The average Bonchev–Trinajstić information content (AvgIpc) is 3.29. The van der Waals surface area contributed by atoms with E-state index in [0.717, 1.165) is 16.5 Å². The maximum absolute atomic E-state index is 12.9. The molecule has 9 heteroatoms. The van der Waals surface area contributed by atoms with Gasteiger partial charge in [0.15, 0.2) is 12.2 Å². The van der Waals surface area contributed by atoms with Gasteiger partial charge in [-0.1, -0.05) is 39.0 Å². The molecule has 0 aliphatic heterocycles. The van der Waals surface area contributed by atoms with Crippen molar-refractivity contribution in [1.82, 2.24) is 4.98 Å². The van der Waals surface area contributed by atoms with Crippen LogP contribution < -0.4 is 0 Å². The summed E-state index contributed by atoms with van der Waals surface area (Å²) in [6.07, 6.45) is 1.63. The van der Waals surface area contributed by atoms with Crippen molar-refractivity contribution in [2.24, 2.45) is 0 Å².